The summed E-state index contributed by atoms with van der Waals surface area (Å²) in [4.78, 5) is 21.9. The summed E-state index contributed by atoms with van der Waals surface area (Å²) < 4.78 is 5.17. The Hall–Kier alpha value is -1.30. The van der Waals surface area contributed by atoms with E-state index >= 15 is 0 Å². The van der Waals surface area contributed by atoms with Crippen LogP contribution in [0.15, 0.2) is 0 Å². The van der Waals surface area contributed by atoms with Crippen molar-refractivity contribution < 1.29 is 39.9 Å². The van der Waals surface area contributed by atoms with Gasteiger partial charge in [-0.3, -0.25) is 14.9 Å². The molecule has 0 aromatic rings. The molecule has 0 bridgehead atoms. The first-order valence-electron chi connectivity index (χ1n) is 6.32. The number of carbonyl (C=O) groups excluding carboxylic acids is 1. The Balaban J connectivity index is 2.87. The number of carboxylic acids is 1. The Morgan fingerprint density at radius 1 is 1.33 bits per heavy atom. The topological polar surface area (TPSA) is 183 Å². The molecule has 1 aliphatic heterocycles. The number of amides is 1. The molecule has 0 radical (unpaired) electrons. The molecule has 5 atom stereocenters. The van der Waals surface area contributed by atoms with E-state index in [1.165, 1.54) is 0 Å². The highest BCUT2D eigenvalue weighted by molar-refractivity contribution is 5.77. The Labute approximate surface area is 120 Å². The second kappa shape index (κ2) is 7.11. The molecule has 1 amide bonds. The zero-order valence-electron chi connectivity index (χ0n) is 11.2. The van der Waals surface area contributed by atoms with Gasteiger partial charge in [-0.2, -0.15) is 0 Å². The van der Waals surface area contributed by atoms with E-state index in [0.29, 0.717) is 0 Å². The number of nitrogens with one attached hydrogen (secondary N) is 1. The molecule has 0 saturated carbocycles. The molecule has 10 nitrogen and oxygen atoms in total. The summed E-state index contributed by atoms with van der Waals surface area (Å²) in [6.45, 7) is -1.47. The first-order valence-corrected chi connectivity index (χ1v) is 6.32. The van der Waals surface area contributed by atoms with Crippen LogP contribution in [-0.4, -0.2) is 80.7 Å². The van der Waals surface area contributed by atoms with Crippen molar-refractivity contribution in [2.24, 2.45) is 5.73 Å². The molecule has 0 aromatic heterocycles. The van der Waals surface area contributed by atoms with Crippen LogP contribution in [0.5, 0.6) is 0 Å². The van der Waals surface area contributed by atoms with Gasteiger partial charge in [0.25, 0.3) is 0 Å². The number of hydrogen-bond donors (Lipinski definition) is 7. The molecule has 21 heavy (non-hydrogen) atoms. The number of hydrogen-bond acceptors (Lipinski definition) is 8. The van der Waals surface area contributed by atoms with Crippen molar-refractivity contribution >= 4 is 11.9 Å². The minimum Gasteiger partial charge on any atom is -0.480 e. The van der Waals surface area contributed by atoms with Gasteiger partial charge in [0.05, 0.1) is 13.2 Å². The molecule has 8 N–H and O–H groups in total. The molecule has 10 heteroatoms. The van der Waals surface area contributed by atoms with E-state index in [2.05, 4.69) is 5.32 Å². The van der Waals surface area contributed by atoms with Crippen LogP contribution in [0.1, 0.15) is 12.8 Å². The number of carbonyl (C=O) groups is 2. The summed E-state index contributed by atoms with van der Waals surface area (Å²) in [5, 5.41) is 49.5. The monoisotopic (exact) mass is 308 g/mol. The van der Waals surface area contributed by atoms with E-state index in [1.807, 2.05) is 0 Å². The largest absolute Gasteiger partial charge is 0.480 e. The number of rotatable bonds is 8. The molecule has 1 unspecified atom stereocenters. The molecule has 0 aromatic carbocycles. The lowest BCUT2D eigenvalue weighted by Crippen LogP contribution is -2.62. The van der Waals surface area contributed by atoms with Crippen molar-refractivity contribution in [3.05, 3.63) is 0 Å². The van der Waals surface area contributed by atoms with Gasteiger partial charge in [0.2, 0.25) is 5.91 Å². The van der Waals surface area contributed by atoms with Gasteiger partial charge in [0, 0.05) is 6.42 Å². The Bertz CT molecular complexity index is 392. The normalized spacial score (nSPS) is 33.8. The van der Waals surface area contributed by atoms with Crippen molar-refractivity contribution in [1.29, 1.82) is 0 Å². The highest BCUT2D eigenvalue weighted by Crippen LogP contribution is 2.29. The minimum absolute atomic E-state index is 0.192. The first kappa shape index (κ1) is 17.8. The third-order valence-corrected chi connectivity index (χ3v) is 3.35. The van der Waals surface area contributed by atoms with Crippen LogP contribution in [0.3, 0.4) is 0 Å². The number of aliphatic carboxylic acids is 1. The molecule has 1 rings (SSSR count). The summed E-state index contributed by atoms with van der Waals surface area (Å²) in [7, 11) is 0. The van der Waals surface area contributed by atoms with Crippen molar-refractivity contribution in [1.82, 2.24) is 5.32 Å². The number of aliphatic hydroxyl groups is 4. The van der Waals surface area contributed by atoms with Crippen LogP contribution in [0.25, 0.3) is 0 Å². The lowest BCUT2D eigenvalue weighted by atomic mass is 10.0. The van der Waals surface area contributed by atoms with Gasteiger partial charge in [-0.1, -0.05) is 0 Å². The highest BCUT2D eigenvalue weighted by Gasteiger charge is 2.55. The van der Waals surface area contributed by atoms with Gasteiger partial charge in [-0.25, -0.2) is 0 Å². The van der Waals surface area contributed by atoms with Gasteiger partial charge < -0.3 is 36.0 Å². The van der Waals surface area contributed by atoms with Gasteiger partial charge in [-0.15, -0.1) is 0 Å². The molecular formula is C11H20N2O8. The zero-order chi connectivity index (χ0) is 16.2. The Kier molecular flexibility index (Phi) is 6.01. The summed E-state index contributed by atoms with van der Waals surface area (Å²) in [6.07, 6.45) is -4.75. The van der Waals surface area contributed by atoms with Crippen LogP contribution in [0.2, 0.25) is 0 Å². The maximum atomic E-state index is 11.2. The van der Waals surface area contributed by atoms with Crippen molar-refractivity contribution in [2.75, 3.05) is 13.2 Å². The number of nitrogens with two attached hydrogens (primary N) is 1. The van der Waals surface area contributed by atoms with E-state index in [4.69, 9.17) is 20.7 Å². The molecule has 1 aliphatic rings. The molecular weight excluding hydrogens is 288 g/mol. The summed E-state index contributed by atoms with van der Waals surface area (Å²) in [5.41, 5.74) is 2.99. The van der Waals surface area contributed by atoms with E-state index < -0.39 is 55.2 Å². The minimum atomic E-state index is -1.95. The molecule has 0 aliphatic carbocycles. The Morgan fingerprint density at radius 3 is 2.33 bits per heavy atom. The predicted octanol–water partition coefficient (Wildman–Crippen LogP) is -3.90. The molecule has 0 spiro atoms. The van der Waals surface area contributed by atoms with Crippen LogP contribution >= 0.6 is 0 Å². The van der Waals surface area contributed by atoms with Crippen molar-refractivity contribution in [3.8, 4) is 0 Å². The van der Waals surface area contributed by atoms with Gasteiger partial charge >= 0.3 is 5.97 Å². The van der Waals surface area contributed by atoms with Gasteiger partial charge in [0.15, 0.2) is 5.72 Å². The van der Waals surface area contributed by atoms with Crippen molar-refractivity contribution in [3.63, 3.8) is 0 Å². The van der Waals surface area contributed by atoms with E-state index in [9.17, 15) is 24.9 Å². The number of ether oxygens (including phenoxy) is 1. The first-order chi connectivity index (χ1) is 9.77. The summed E-state index contributed by atoms with van der Waals surface area (Å²) >= 11 is 0. The number of primary amides is 1. The van der Waals surface area contributed by atoms with E-state index in [1.54, 1.807) is 0 Å². The van der Waals surface area contributed by atoms with E-state index in [0.717, 1.165) is 0 Å². The number of aliphatic hydroxyl groups excluding tert-OH is 4. The van der Waals surface area contributed by atoms with Crippen LogP contribution in [0.4, 0.5) is 0 Å². The maximum Gasteiger partial charge on any atom is 0.320 e. The van der Waals surface area contributed by atoms with E-state index in [-0.39, 0.29) is 12.8 Å². The zero-order valence-corrected chi connectivity index (χ0v) is 11.2. The fraction of sp³-hybridized carbons (Fsp3) is 0.818. The van der Waals surface area contributed by atoms with Crippen LogP contribution < -0.4 is 11.1 Å². The predicted molar refractivity (Wildman–Crippen MR) is 66.8 cm³/mol. The molecule has 122 valence electrons. The second-order valence-electron chi connectivity index (χ2n) is 4.86. The third-order valence-electron chi connectivity index (χ3n) is 3.35. The standard InChI is InChI=1S/C11H20N2O8/c12-7(16)2-1-5(10(19)20)13-11(4-15)9(18)8(17)6(3-14)21-11/h5-6,8-9,13-15,17-18H,1-4H2,(H2,12,16)(H,19,20)/t5-,6+,8+,9-,11?/m0/s1. The maximum absolute atomic E-state index is 11.2. The average molecular weight is 308 g/mol. The molecule has 1 fully saturated rings. The van der Waals surface area contributed by atoms with Gasteiger partial charge in [0.1, 0.15) is 24.4 Å². The van der Waals surface area contributed by atoms with Crippen molar-refractivity contribution in [2.45, 2.75) is 42.9 Å². The average Bonchev–Trinajstić information content (AvgIpc) is 2.68. The van der Waals surface area contributed by atoms with Crippen LogP contribution in [-0.2, 0) is 14.3 Å². The lowest BCUT2D eigenvalue weighted by molar-refractivity contribution is -0.158. The quantitative estimate of drug-likeness (QED) is 0.235. The third kappa shape index (κ3) is 3.87. The summed E-state index contributed by atoms with van der Waals surface area (Å²) in [5.74, 6) is -2.05. The molecule has 1 heterocycles. The smallest absolute Gasteiger partial charge is 0.320 e. The second-order valence-corrected chi connectivity index (χ2v) is 4.86. The molecule has 1 saturated heterocycles. The summed E-state index contributed by atoms with van der Waals surface area (Å²) in [6, 6.07) is -1.34. The Morgan fingerprint density at radius 2 is 1.95 bits per heavy atom. The lowest BCUT2D eigenvalue weighted by Gasteiger charge is -2.34. The van der Waals surface area contributed by atoms with Gasteiger partial charge in [-0.05, 0) is 6.42 Å². The number of carboxylic acid groups (broad SMARTS) is 1. The van der Waals surface area contributed by atoms with Crippen LogP contribution in [0, 0.1) is 0 Å². The highest BCUT2D eigenvalue weighted by atomic mass is 16.6. The SMILES string of the molecule is NC(=O)CC[C@H](NC1(CO)O[C@H](CO)[C@@H](O)[C@@H]1O)C(=O)O. The fourth-order valence-electron chi connectivity index (χ4n) is 2.17. The fourth-order valence-corrected chi connectivity index (χ4v) is 2.17.